The van der Waals surface area contributed by atoms with Crippen molar-refractivity contribution in [1.29, 1.82) is 0 Å². The Hall–Kier alpha value is -1.88. The van der Waals surface area contributed by atoms with E-state index in [1.807, 2.05) is 20.8 Å². The molecule has 10 nitrogen and oxygen atoms in total. The maximum atomic E-state index is 10.7. The number of ether oxygens (including phenoxy) is 1. The number of carbonyl (C=O) groups excluding carboxylic acids is 2. The summed E-state index contributed by atoms with van der Waals surface area (Å²) in [4.78, 5) is 21.2. The zero-order valence-corrected chi connectivity index (χ0v) is 14.6. The molecule has 0 spiro atoms. The highest BCUT2D eigenvalue weighted by atomic mass is 35.5. The second-order valence-electron chi connectivity index (χ2n) is 5.59. The average Bonchev–Trinajstić information content (AvgIpc) is 2.92. The molecule has 0 fully saturated rings. The number of halogens is 1. The first kappa shape index (κ1) is 22.1. The molecule has 11 heteroatoms. The number of rotatable bonds is 4. The number of hydrogen-bond donors (Lipinski definition) is 4. The predicted molar refractivity (Wildman–Crippen MR) is 82.4 cm³/mol. The highest BCUT2D eigenvalue weighted by Crippen LogP contribution is 2.08. The molecule has 0 aliphatic carbocycles. The van der Waals surface area contributed by atoms with Crippen LogP contribution in [0.1, 0.15) is 32.8 Å². The Morgan fingerprint density at radius 2 is 1.92 bits per heavy atom. The molecule has 138 valence electrons. The summed E-state index contributed by atoms with van der Waals surface area (Å²) in [7, 11) is 1.54. The third kappa shape index (κ3) is 10.0. The molecule has 1 amide bonds. The van der Waals surface area contributed by atoms with Gasteiger partial charge in [-0.15, -0.1) is 0 Å². The summed E-state index contributed by atoms with van der Waals surface area (Å²) in [5, 5.41) is 32.0. The zero-order chi connectivity index (χ0) is 19.0. The van der Waals surface area contributed by atoms with Crippen LogP contribution in [0.2, 0.25) is 0 Å². The molecular formula is C13H22ClN3O7. The van der Waals surface area contributed by atoms with E-state index in [9.17, 15) is 9.59 Å². The summed E-state index contributed by atoms with van der Waals surface area (Å²) in [5.41, 5.74) is 0.138. The number of hydrogen-bond acceptors (Lipinski definition) is 8. The molecule has 0 radical (unpaired) electrons. The molecule has 1 heterocycles. The van der Waals surface area contributed by atoms with Crippen LogP contribution in [0.5, 0.6) is 0 Å². The average molecular weight is 368 g/mol. The summed E-state index contributed by atoms with van der Waals surface area (Å²) in [6.45, 7) is 5.46. The quantitative estimate of drug-likeness (QED) is 0.552. The molecule has 0 aromatic carbocycles. The van der Waals surface area contributed by atoms with Crippen LogP contribution in [-0.4, -0.2) is 49.8 Å². The lowest BCUT2D eigenvalue weighted by molar-refractivity contribution is -0.380. The minimum atomic E-state index is -3.04. The van der Waals surface area contributed by atoms with Crippen molar-refractivity contribution < 1.29 is 33.9 Å². The van der Waals surface area contributed by atoms with Crippen LogP contribution in [-0.2, 0) is 26.3 Å². The monoisotopic (exact) mass is 367 g/mol. The van der Waals surface area contributed by atoms with Crippen LogP contribution in [0.3, 0.4) is 0 Å². The highest BCUT2D eigenvalue weighted by molar-refractivity contribution is 6.13. The van der Waals surface area contributed by atoms with E-state index in [2.05, 4.69) is 14.7 Å². The number of nitrogens with one attached hydrogen (secondary N) is 1. The maximum Gasteiger partial charge on any atom is 0.407 e. The lowest BCUT2D eigenvalue weighted by Crippen LogP contribution is -2.32. The van der Waals surface area contributed by atoms with Gasteiger partial charge in [-0.2, -0.15) is 9.78 Å². The standard InChI is InChI=1S/C7H9ClN2O5.C6H13NO2/c8-15-6(11)2-1-5-3-9-10(4-5)7(12,13)14;1-6(2,3)9-5(8)7-4/h3-4,12-14H,1-2H2;1-4H3,(H,7,8). The van der Waals surface area contributed by atoms with E-state index in [-0.39, 0.29) is 24.5 Å². The Bertz CT molecular complexity index is 534. The van der Waals surface area contributed by atoms with E-state index in [0.717, 1.165) is 0 Å². The van der Waals surface area contributed by atoms with Gasteiger partial charge in [-0.05, 0) is 32.8 Å². The van der Waals surface area contributed by atoms with Crippen LogP contribution in [0, 0.1) is 0 Å². The van der Waals surface area contributed by atoms with Crippen molar-refractivity contribution in [3.05, 3.63) is 18.0 Å². The number of aryl methyl sites for hydroxylation is 1. The van der Waals surface area contributed by atoms with Crippen LogP contribution in [0.25, 0.3) is 0 Å². The molecule has 0 aliphatic rings. The molecule has 1 rings (SSSR count). The molecule has 4 N–H and O–H groups in total. The summed E-state index contributed by atoms with van der Waals surface area (Å²) in [5.74, 6) is -0.604. The van der Waals surface area contributed by atoms with E-state index >= 15 is 0 Å². The van der Waals surface area contributed by atoms with Crippen LogP contribution in [0.15, 0.2) is 12.4 Å². The normalized spacial score (nSPS) is 11.2. The van der Waals surface area contributed by atoms with E-state index in [0.29, 0.717) is 10.2 Å². The summed E-state index contributed by atoms with van der Waals surface area (Å²) in [6, 6.07) is 0. The van der Waals surface area contributed by atoms with Crippen LogP contribution < -0.4 is 5.32 Å². The Labute approximate surface area is 144 Å². The highest BCUT2D eigenvalue weighted by Gasteiger charge is 2.22. The fourth-order valence-corrected chi connectivity index (χ4v) is 1.34. The molecular weight excluding hydrogens is 346 g/mol. The van der Waals surface area contributed by atoms with Gasteiger partial charge < -0.3 is 29.7 Å². The first-order valence-electron chi connectivity index (χ1n) is 6.82. The van der Waals surface area contributed by atoms with E-state index in [1.165, 1.54) is 19.4 Å². The minimum Gasteiger partial charge on any atom is -0.444 e. The van der Waals surface area contributed by atoms with Crippen molar-refractivity contribution in [2.24, 2.45) is 0 Å². The Morgan fingerprint density at radius 1 is 1.33 bits per heavy atom. The number of alkyl carbamates (subject to hydrolysis) is 1. The lowest BCUT2D eigenvalue weighted by Gasteiger charge is -2.18. The van der Waals surface area contributed by atoms with Gasteiger partial charge in [-0.3, -0.25) is 4.79 Å². The van der Waals surface area contributed by atoms with Crippen molar-refractivity contribution in [3.8, 4) is 0 Å². The van der Waals surface area contributed by atoms with Gasteiger partial charge in [0.15, 0.2) is 0 Å². The Morgan fingerprint density at radius 3 is 2.25 bits per heavy atom. The molecule has 0 saturated carbocycles. The molecule has 0 saturated heterocycles. The number of nitrogens with zero attached hydrogens (tertiary/aromatic N) is 2. The van der Waals surface area contributed by atoms with Crippen LogP contribution in [0.4, 0.5) is 4.79 Å². The molecule has 0 aliphatic heterocycles. The van der Waals surface area contributed by atoms with Gasteiger partial charge in [0.1, 0.15) is 17.5 Å². The van der Waals surface area contributed by atoms with Gasteiger partial charge in [0.25, 0.3) is 0 Å². The van der Waals surface area contributed by atoms with Crippen molar-refractivity contribution in [3.63, 3.8) is 0 Å². The predicted octanol–water partition coefficient (Wildman–Crippen LogP) is 0.198. The smallest absolute Gasteiger partial charge is 0.407 e. The first-order valence-corrected chi connectivity index (χ1v) is 7.13. The summed E-state index contributed by atoms with van der Waals surface area (Å²) in [6.07, 6.45) is -0.667. The van der Waals surface area contributed by atoms with Gasteiger partial charge in [0.2, 0.25) is 0 Å². The van der Waals surface area contributed by atoms with Gasteiger partial charge in [0.05, 0.1) is 12.6 Å². The molecule has 24 heavy (non-hydrogen) atoms. The van der Waals surface area contributed by atoms with Gasteiger partial charge in [-0.25, -0.2) is 4.79 Å². The van der Waals surface area contributed by atoms with Crippen molar-refractivity contribution in [1.82, 2.24) is 15.1 Å². The lowest BCUT2D eigenvalue weighted by atomic mass is 10.2. The third-order valence-corrected chi connectivity index (χ3v) is 2.42. The fourth-order valence-electron chi connectivity index (χ4n) is 1.27. The number of amides is 1. The Kier molecular flexibility index (Phi) is 8.69. The van der Waals surface area contributed by atoms with E-state index < -0.39 is 12.1 Å². The molecule has 1 aromatic heterocycles. The first-order chi connectivity index (χ1) is 10.9. The van der Waals surface area contributed by atoms with Crippen LogP contribution >= 0.6 is 11.9 Å². The second-order valence-corrected chi connectivity index (χ2v) is 5.75. The molecule has 1 aromatic rings. The van der Waals surface area contributed by atoms with Gasteiger partial charge in [-0.1, -0.05) is 0 Å². The molecule has 0 atom stereocenters. The van der Waals surface area contributed by atoms with Gasteiger partial charge >= 0.3 is 18.2 Å². The summed E-state index contributed by atoms with van der Waals surface area (Å²) < 4.78 is 9.28. The largest absolute Gasteiger partial charge is 0.444 e. The maximum absolute atomic E-state index is 10.7. The van der Waals surface area contributed by atoms with Gasteiger partial charge in [0, 0.05) is 13.2 Å². The van der Waals surface area contributed by atoms with Crippen molar-refractivity contribution >= 4 is 23.9 Å². The SMILES string of the molecule is CNC(=O)OC(C)(C)C.O=C(CCc1cnn(C(O)(O)O)c1)OCl. The van der Waals surface area contributed by atoms with E-state index in [4.69, 9.17) is 31.9 Å². The minimum absolute atomic E-state index is 0.0322. The third-order valence-electron chi connectivity index (χ3n) is 2.25. The topological polar surface area (TPSA) is 143 Å². The summed E-state index contributed by atoms with van der Waals surface area (Å²) >= 11 is 4.81. The Balaban J connectivity index is 0.000000506. The fraction of sp³-hybridized carbons (Fsp3) is 0.615. The molecule has 0 unspecified atom stereocenters. The van der Waals surface area contributed by atoms with Crippen molar-refractivity contribution in [2.45, 2.75) is 45.3 Å². The van der Waals surface area contributed by atoms with E-state index in [1.54, 1.807) is 0 Å². The zero-order valence-electron chi connectivity index (χ0n) is 13.8. The number of aliphatic hydroxyl groups is 3. The molecule has 0 bridgehead atoms. The second kappa shape index (κ2) is 9.42. The number of aromatic nitrogens is 2. The number of carbonyl (C=O) groups is 2. The van der Waals surface area contributed by atoms with Crippen molar-refractivity contribution in [2.75, 3.05) is 7.05 Å².